The fourth-order valence-electron chi connectivity index (χ4n) is 4.33. The van der Waals surface area contributed by atoms with Crippen LogP contribution in [0.4, 0.5) is 0 Å². The molecule has 0 fully saturated rings. The van der Waals surface area contributed by atoms with Crippen LogP contribution in [-0.2, 0) is 13.0 Å². The Labute approximate surface area is 172 Å². The van der Waals surface area contributed by atoms with Gasteiger partial charge in [0.2, 0.25) is 0 Å². The molecule has 0 bridgehead atoms. The van der Waals surface area contributed by atoms with Crippen molar-refractivity contribution in [3.8, 4) is 17.0 Å². The van der Waals surface area contributed by atoms with E-state index in [9.17, 15) is 5.11 Å². The Bertz CT molecular complexity index is 1220. The lowest BCUT2D eigenvalue weighted by atomic mass is 9.89. The van der Waals surface area contributed by atoms with E-state index in [1.54, 1.807) is 6.07 Å². The molecule has 0 amide bonds. The molecular formula is C24H21BrN2O. The van der Waals surface area contributed by atoms with Crippen LogP contribution in [0.15, 0.2) is 59.1 Å². The van der Waals surface area contributed by atoms with Gasteiger partial charge in [0.1, 0.15) is 5.75 Å². The second-order valence-corrected chi connectivity index (χ2v) is 8.24. The number of aromatic nitrogens is 1. The smallest absolute Gasteiger partial charge is 0.129 e. The molecule has 3 nitrogen and oxygen atoms in total. The Kier molecular flexibility index (Phi) is 4.33. The van der Waals surface area contributed by atoms with Crippen LogP contribution in [-0.4, -0.2) is 28.1 Å². The van der Waals surface area contributed by atoms with Gasteiger partial charge in [0.15, 0.2) is 0 Å². The highest BCUT2D eigenvalue weighted by Gasteiger charge is 2.24. The largest absolute Gasteiger partial charge is 0.507 e. The van der Waals surface area contributed by atoms with Gasteiger partial charge in [0.05, 0.1) is 15.7 Å². The first-order valence-electron chi connectivity index (χ1n) is 9.70. The van der Waals surface area contributed by atoms with Crippen molar-refractivity contribution in [2.24, 2.45) is 0 Å². The zero-order valence-corrected chi connectivity index (χ0v) is 17.3. The summed E-state index contributed by atoms with van der Waals surface area (Å²) in [5, 5.41) is 13.8. The van der Waals surface area contributed by atoms with E-state index in [1.807, 2.05) is 12.1 Å². The Morgan fingerprint density at radius 1 is 1.07 bits per heavy atom. The van der Waals surface area contributed by atoms with Crippen LogP contribution in [0.5, 0.6) is 5.75 Å². The van der Waals surface area contributed by atoms with E-state index in [2.05, 4.69) is 64.2 Å². The van der Waals surface area contributed by atoms with Crippen molar-refractivity contribution in [2.75, 3.05) is 13.1 Å². The topological polar surface area (TPSA) is 36.4 Å². The van der Waals surface area contributed by atoms with Crippen molar-refractivity contribution in [1.82, 2.24) is 9.88 Å². The maximum Gasteiger partial charge on any atom is 0.129 e. The van der Waals surface area contributed by atoms with Crippen molar-refractivity contribution in [1.29, 1.82) is 0 Å². The van der Waals surface area contributed by atoms with E-state index < -0.39 is 0 Å². The average molecular weight is 433 g/mol. The molecule has 28 heavy (non-hydrogen) atoms. The molecule has 1 aromatic heterocycles. The molecule has 2 heterocycles. The Morgan fingerprint density at radius 3 is 2.75 bits per heavy atom. The number of hydrogen-bond donors (Lipinski definition) is 1. The molecule has 140 valence electrons. The van der Waals surface area contributed by atoms with E-state index in [1.165, 1.54) is 27.3 Å². The lowest BCUT2D eigenvalue weighted by Gasteiger charge is -2.30. The molecule has 0 saturated carbocycles. The van der Waals surface area contributed by atoms with Crippen LogP contribution >= 0.6 is 15.9 Å². The fraction of sp³-hybridized carbons (Fsp3) is 0.208. The number of halogens is 1. The number of hydrogen-bond acceptors (Lipinski definition) is 3. The minimum absolute atomic E-state index is 0.250. The second-order valence-electron chi connectivity index (χ2n) is 7.38. The quantitative estimate of drug-likeness (QED) is 0.400. The molecule has 0 radical (unpaired) electrons. The molecule has 4 aromatic rings. The summed E-state index contributed by atoms with van der Waals surface area (Å²) in [5.41, 5.74) is 5.84. The van der Waals surface area contributed by atoms with E-state index in [4.69, 9.17) is 4.98 Å². The molecule has 0 unspecified atom stereocenters. The number of aromatic hydroxyl groups is 1. The van der Waals surface area contributed by atoms with Crippen molar-refractivity contribution in [2.45, 2.75) is 19.9 Å². The maximum atomic E-state index is 9.92. The van der Waals surface area contributed by atoms with Crippen LogP contribution in [0.2, 0.25) is 0 Å². The number of nitrogens with zero attached hydrogens (tertiary/aromatic N) is 2. The van der Waals surface area contributed by atoms with E-state index in [0.29, 0.717) is 4.47 Å². The van der Waals surface area contributed by atoms with Crippen molar-refractivity contribution < 1.29 is 5.11 Å². The molecule has 0 atom stereocenters. The van der Waals surface area contributed by atoms with Gasteiger partial charge in [-0.15, -0.1) is 0 Å². The molecule has 1 aliphatic heterocycles. The summed E-state index contributed by atoms with van der Waals surface area (Å²) in [6, 6.07) is 18.6. The monoisotopic (exact) mass is 432 g/mol. The van der Waals surface area contributed by atoms with Crippen molar-refractivity contribution >= 4 is 37.6 Å². The predicted molar refractivity (Wildman–Crippen MR) is 119 cm³/mol. The zero-order chi connectivity index (χ0) is 19.3. The van der Waals surface area contributed by atoms with Crippen molar-refractivity contribution in [3.63, 3.8) is 0 Å². The molecule has 0 saturated heterocycles. The summed E-state index contributed by atoms with van der Waals surface area (Å²) in [5.74, 6) is 0.250. The molecule has 1 aliphatic rings. The molecular weight excluding hydrogens is 412 g/mol. The second kappa shape index (κ2) is 6.87. The van der Waals surface area contributed by atoms with Crippen LogP contribution in [0, 0.1) is 0 Å². The van der Waals surface area contributed by atoms with Crippen LogP contribution in [0.25, 0.3) is 32.9 Å². The van der Waals surface area contributed by atoms with Crippen LogP contribution < -0.4 is 0 Å². The highest BCUT2D eigenvalue weighted by Crippen LogP contribution is 2.38. The van der Waals surface area contributed by atoms with Crippen LogP contribution in [0.3, 0.4) is 0 Å². The SMILES string of the molecule is CCN1CCc2c(c(-c3ccc(O)c(Br)c3)nc3ccc4ccccc4c23)C1. The normalized spacial score (nSPS) is 14.5. The van der Waals surface area contributed by atoms with Gasteiger partial charge in [-0.1, -0.05) is 37.3 Å². The summed E-state index contributed by atoms with van der Waals surface area (Å²) >= 11 is 3.46. The van der Waals surface area contributed by atoms with Crippen molar-refractivity contribution in [3.05, 3.63) is 70.2 Å². The van der Waals surface area contributed by atoms with Gasteiger partial charge in [-0.05, 0) is 75.1 Å². The van der Waals surface area contributed by atoms with Gasteiger partial charge in [0, 0.05) is 24.0 Å². The van der Waals surface area contributed by atoms with Gasteiger partial charge >= 0.3 is 0 Å². The third-order valence-corrected chi connectivity index (χ3v) is 6.45. The highest BCUT2D eigenvalue weighted by atomic mass is 79.9. The van der Waals surface area contributed by atoms with Gasteiger partial charge in [-0.2, -0.15) is 0 Å². The standard InChI is InChI=1S/C24H21BrN2O/c1-2-27-12-11-18-19(14-27)24(16-8-10-22(28)20(25)13-16)26-21-9-7-15-5-3-4-6-17(15)23(18)21/h3-10,13,28H,2,11-12,14H2,1H3. The molecule has 5 rings (SSSR count). The van der Waals surface area contributed by atoms with Gasteiger partial charge in [-0.25, -0.2) is 4.98 Å². The van der Waals surface area contributed by atoms with E-state index >= 15 is 0 Å². The molecule has 4 heteroatoms. The Hall–Kier alpha value is -2.43. The number of pyridine rings is 1. The third-order valence-electron chi connectivity index (χ3n) is 5.82. The summed E-state index contributed by atoms with van der Waals surface area (Å²) in [6.07, 6.45) is 1.03. The summed E-state index contributed by atoms with van der Waals surface area (Å²) in [7, 11) is 0. The first-order chi connectivity index (χ1) is 13.7. The number of rotatable bonds is 2. The van der Waals surface area contributed by atoms with Gasteiger partial charge in [-0.3, -0.25) is 4.90 Å². The first-order valence-corrected chi connectivity index (χ1v) is 10.5. The predicted octanol–water partition coefficient (Wildman–Crippen LogP) is 5.90. The third kappa shape index (κ3) is 2.79. The first kappa shape index (κ1) is 17.7. The maximum absolute atomic E-state index is 9.92. The minimum Gasteiger partial charge on any atom is -0.507 e. The van der Waals surface area contributed by atoms with Crippen LogP contribution in [0.1, 0.15) is 18.1 Å². The number of likely N-dealkylation sites (N-methyl/N-ethyl adjacent to an activating group) is 1. The molecule has 1 N–H and O–H groups in total. The average Bonchev–Trinajstić information content (AvgIpc) is 2.74. The Balaban J connectivity index is 1.86. The molecule has 3 aromatic carbocycles. The number of phenolic OH excluding ortho intramolecular Hbond substituents is 1. The minimum atomic E-state index is 0.250. The van der Waals surface area contributed by atoms with Gasteiger partial charge < -0.3 is 5.11 Å². The Morgan fingerprint density at radius 2 is 1.93 bits per heavy atom. The van der Waals surface area contributed by atoms with E-state index in [0.717, 1.165) is 42.8 Å². The molecule has 0 aliphatic carbocycles. The number of benzene rings is 3. The lowest BCUT2D eigenvalue weighted by Crippen LogP contribution is -2.31. The molecule has 0 spiro atoms. The zero-order valence-electron chi connectivity index (χ0n) is 15.7. The fourth-order valence-corrected chi connectivity index (χ4v) is 4.71. The highest BCUT2D eigenvalue weighted by molar-refractivity contribution is 9.10. The lowest BCUT2D eigenvalue weighted by molar-refractivity contribution is 0.269. The summed E-state index contributed by atoms with van der Waals surface area (Å²) in [6.45, 7) is 5.23. The van der Waals surface area contributed by atoms with E-state index in [-0.39, 0.29) is 5.75 Å². The summed E-state index contributed by atoms with van der Waals surface area (Å²) < 4.78 is 0.697. The number of phenols is 1. The van der Waals surface area contributed by atoms with Gasteiger partial charge in [0.25, 0.3) is 0 Å². The number of fused-ring (bicyclic) bond motifs is 5. The summed E-state index contributed by atoms with van der Waals surface area (Å²) in [4.78, 5) is 7.59.